The van der Waals surface area contributed by atoms with Crippen molar-refractivity contribution in [1.29, 1.82) is 0 Å². The minimum absolute atomic E-state index is 0.155. The zero-order chi connectivity index (χ0) is 10.8. The summed E-state index contributed by atoms with van der Waals surface area (Å²) < 4.78 is 5.24. The largest absolute Gasteiger partial charge is 0.339 e. The Balaban J connectivity index is 2.06. The number of rotatable bonds is 3. The number of aromatic nitrogens is 2. The topological polar surface area (TPSA) is 68.2 Å². The van der Waals surface area contributed by atoms with Crippen LogP contribution in [0.5, 0.6) is 0 Å². The highest BCUT2D eigenvalue weighted by atomic mass is 32.2. The molecule has 2 heterocycles. The highest BCUT2D eigenvalue weighted by Crippen LogP contribution is 2.30. The highest BCUT2D eigenvalue weighted by molar-refractivity contribution is 7.99. The number of thioether (sulfide) groups is 1. The molecule has 1 fully saturated rings. The number of hydrogen-bond acceptors (Lipinski definition) is 6. The van der Waals surface area contributed by atoms with Gasteiger partial charge in [0.05, 0.1) is 12.5 Å². The normalized spacial score (nSPS) is 26.4. The molecule has 2 rings (SSSR count). The molecule has 1 aliphatic heterocycles. The maximum Gasteiger partial charge on any atom is 0.232 e. The van der Waals surface area contributed by atoms with E-state index in [4.69, 9.17) is 10.3 Å². The van der Waals surface area contributed by atoms with Crippen molar-refractivity contribution in [3.8, 4) is 0 Å². The van der Waals surface area contributed by atoms with E-state index in [9.17, 15) is 0 Å². The van der Waals surface area contributed by atoms with Crippen molar-refractivity contribution in [3.63, 3.8) is 0 Å². The first-order valence-electron chi connectivity index (χ1n) is 4.97. The van der Waals surface area contributed by atoms with Crippen LogP contribution in [0.1, 0.15) is 17.6 Å². The fourth-order valence-electron chi connectivity index (χ4n) is 1.59. The molecule has 0 radical (unpaired) electrons. The third-order valence-corrected chi connectivity index (χ3v) is 3.60. The molecule has 2 unspecified atom stereocenters. The van der Waals surface area contributed by atoms with E-state index in [0.29, 0.717) is 12.4 Å². The molecule has 5 nitrogen and oxygen atoms in total. The summed E-state index contributed by atoms with van der Waals surface area (Å²) in [7, 11) is 3.96. The van der Waals surface area contributed by atoms with Crippen LogP contribution in [0.3, 0.4) is 0 Å². The lowest BCUT2D eigenvalue weighted by Crippen LogP contribution is -2.26. The van der Waals surface area contributed by atoms with E-state index in [1.165, 1.54) is 0 Å². The van der Waals surface area contributed by atoms with Crippen LogP contribution in [0.4, 0.5) is 0 Å². The van der Waals surface area contributed by atoms with Gasteiger partial charge in [-0.1, -0.05) is 5.16 Å². The Bertz CT molecular complexity index is 328. The van der Waals surface area contributed by atoms with E-state index in [2.05, 4.69) is 10.1 Å². The van der Waals surface area contributed by atoms with Gasteiger partial charge in [0, 0.05) is 17.5 Å². The second-order valence-electron chi connectivity index (χ2n) is 4.09. The highest BCUT2D eigenvalue weighted by Gasteiger charge is 2.30. The van der Waals surface area contributed by atoms with Gasteiger partial charge in [0.15, 0.2) is 5.82 Å². The molecule has 1 aliphatic rings. The zero-order valence-corrected chi connectivity index (χ0v) is 9.83. The van der Waals surface area contributed by atoms with Crippen molar-refractivity contribution >= 4 is 11.8 Å². The Hall–Kier alpha value is -0.590. The molecule has 1 aromatic rings. The summed E-state index contributed by atoms with van der Waals surface area (Å²) in [6, 6.07) is 0.155. The average Bonchev–Trinajstić information content (AvgIpc) is 2.72. The molecule has 2 atom stereocenters. The van der Waals surface area contributed by atoms with Crippen molar-refractivity contribution in [3.05, 3.63) is 11.7 Å². The lowest BCUT2D eigenvalue weighted by molar-refractivity contribution is 0.335. The van der Waals surface area contributed by atoms with E-state index in [0.717, 1.165) is 17.3 Å². The molecule has 1 saturated heterocycles. The fourth-order valence-corrected chi connectivity index (χ4v) is 2.87. The lowest BCUT2D eigenvalue weighted by atomic mass is 10.1. The van der Waals surface area contributed by atoms with Crippen molar-refractivity contribution in [2.45, 2.75) is 18.5 Å². The number of nitrogens with two attached hydrogens (primary N) is 1. The molecule has 1 aromatic heterocycles. The minimum Gasteiger partial charge on any atom is -0.339 e. The minimum atomic E-state index is 0.155. The van der Waals surface area contributed by atoms with Crippen molar-refractivity contribution in [1.82, 2.24) is 15.0 Å². The molecule has 15 heavy (non-hydrogen) atoms. The Morgan fingerprint density at radius 3 is 2.93 bits per heavy atom. The standard InChI is InChI=1S/C9H16N4OS/c1-13(2)3-8-11-9(14-12-8)6-4-15-5-7(6)10/h6-7H,3-5,10H2,1-2H3. The van der Waals surface area contributed by atoms with E-state index < -0.39 is 0 Å². The van der Waals surface area contributed by atoms with Crippen LogP contribution < -0.4 is 5.73 Å². The summed E-state index contributed by atoms with van der Waals surface area (Å²) >= 11 is 1.85. The molecule has 0 aliphatic carbocycles. The second-order valence-corrected chi connectivity index (χ2v) is 5.17. The number of hydrogen-bond donors (Lipinski definition) is 1. The molecular weight excluding hydrogens is 212 g/mol. The molecule has 0 aromatic carbocycles. The van der Waals surface area contributed by atoms with Crippen LogP contribution in [0.25, 0.3) is 0 Å². The molecular formula is C9H16N4OS. The van der Waals surface area contributed by atoms with Gasteiger partial charge in [0.1, 0.15) is 0 Å². The SMILES string of the molecule is CN(C)Cc1noc(C2CSCC2N)n1. The maximum atomic E-state index is 5.96. The van der Waals surface area contributed by atoms with Crippen LogP contribution in [0.15, 0.2) is 4.52 Å². The third kappa shape index (κ3) is 2.50. The van der Waals surface area contributed by atoms with Crippen molar-refractivity contribution in [2.75, 3.05) is 25.6 Å². The number of nitrogens with zero attached hydrogens (tertiary/aromatic N) is 3. The summed E-state index contributed by atoms with van der Waals surface area (Å²) in [5, 5.41) is 3.94. The van der Waals surface area contributed by atoms with Crippen LogP contribution in [-0.2, 0) is 6.54 Å². The van der Waals surface area contributed by atoms with E-state index >= 15 is 0 Å². The van der Waals surface area contributed by atoms with Gasteiger partial charge in [-0.25, -0.2) is 0 Å². The van der Waals surface area contributed by atoms with Crippen LogP contribution in [0.2, 0.25) is 0 Å². The molecule has 0 amide bonds. The first-order chi connectivity index (χ1) is 7.16. The Labute approximate surface area is 93.4 Å². The Kier molecular flexibility index (Phi) is 3.28. The quantitative estimate of drug-likeness (QED) is 0.802. The van der Waals surface area contributed by atoms with E-state index in [1.54, 1.807) is 0 Å². The van der Waals surface area contributed by atoms with Gasteiger partial charge < -0.3 is 15.2 Å². The molecule has 2 N–H and O–H groups in total. The predicted octanol–water partition coefficient (Wildman–Crippen LogP) is 0.289. The van der Waals surface area contributed by atoms with Crippen LogP contribution >= 0.6 is 11.8 Å². The fraction of sp³-hybridized carbons (Fsp3) is 0.778. The van der Waals surface area contributed by atoms with Gasteiger partial charge in [-0.3, -0.25) is 0 Å². The summed E-state index contributed by atoms with van der Waals surface area (Å²) in [6.07, 6.45) is 0. The third-order valence-electron chi connectivity index (χ3n) is 2.38. The molecule has 0 saturated carbocycles. The van der Waals surface area contributed by atoms with E-state index in [-0.39, 0.29) is 12.0 Å². The van der Waals surface area contributed by atoms with Crippen LogP contribution in [0, 0.1) is 0 Å². The molecule has 84 valence electrons. The lowest BCUT2D eigenvalue weighted by Gasteiger charge is -2.08. The molecule has 6 heteroatoms. The van der Waals surface area contributed by atoms with Gasteiger partial charge in [-0.15, -0.1) is 0 Å². The monoisotopic (exact) mass is 228 g/mol. The van der Waals surface area contributed by atoms with Gasteiger partial charge in [-0.2, -0.15) is 16.7 Å². The summed E-state index contributed by atoms with van der Waals surface area (Å²) in [5.41, 5.74) is 5.96. The van der Waals surface area contributed by atoms with Gasteiger partial charge in [-0.05, 0) is 14.1 Å². The van der Waals surface area contributed by atoms with Crippen LogP contribution in [-0.4, -0.2) is 46.7 Å². The van der Waals surface area contributed by atoms with Gasteiger partial charge in [0.25, 0.3) is 0 Å². The zero-order valence-electron chi connectivity index (χ0n) is 9.01. The summed E-state index contributed by atoms with van der Waals surface area (Å²) in [4.78, 5) is 6.38. The van der Waals surface area contributed by atoms with Crippen molar-refractivity contribution in [2.24, 2.45) is 5.73 Å². The second kappa shape index (κ2) is 4.51. The summed E-state index contributed by atoms with van der Waals surface area (Å²) in [5.74, 6) is 3.64. The average molecular weight is 228 g/mol. The maximum absolute atomic E-state index is 5.96. The van der Waals surface area contributed by atoms with E-state index in [1.807, 2.05) is 30.8 Å². The first kappa shape index (κ1) is 10.9. The Morgan fingerprint density at radius 1 is 1.53 bits per heavy atom. The molecule has 0 spiro atoms. The van der Waals surface area contributed by atoms with Gasteiger partial charge in [0.2, 0.25) is 5.89 Å². The smallest absolute Gasteiger partial charge is 0.232 e. The Morgan fingerprint density at radius 2 is 2.33 bits per heavy atom. The summed E-state index contributed by atoms with van der Waals surface area (Å²) in [6.45, 7) is 0.707. The van der Waals surface area contributed by atoms with Gasteiger partial charge >= 0.3 is 0 Å². The van der Waals surface area contributed by atoms with Crippen molar-refractivity contribution < 1.29 is 4.52 Å². The predicted molar refractivity (Wildman–Crippen MR) is 59.7 cm³/mol. The molecule has 0 bridgehead atoms. The first-order valence-corrected chi connectivity index (χ1v) is 6.13.